The average molecular weight is 495 g/mol. The predicted octanol–water partition coefficient (Wildman–Crippen LogP) is 7.39. The van der Waals surface area contributed by atoms with Crippen LogP contribution in [0.1, 0.15) is 105 Å². The van der Waals surface area contributed by atoms with Gasteiger partial charge in [0.05, 0.1) is 6.10 Å². The van der Waals surface area contributed by atoms with Gasteiger partial charge < -0.3 is 5.11 Å². The standard InChI is InChI=1S/C27H46O.Ag/c1-18(2)7-6-8-19(3)23-11-12-24-22-10-9-20-17-21(28)13-15-26(20,4)25(22)14-16-27(23,24)5;/h9,18-19,21-25,28H,6-8,10-17H2,1-5H3;/t19-,21+,22+,23-,24+,25+,26+,27-;/m1./s1. The first-order valence-electron chi connectivity index (χ1n) is 12.6. The summed E-state index contributed by atoms with van der Waals surface area (Å²) in [7, 11) is 0. The van der Waals surface area contributed by atoms with Gasteiger partial charge in [0.15, 0.2) is 0 Å². The molecule has 1 radical (unpaired) electrons. The summed E-state index contributed by atoms with van der Waals surface area (Å²) in [4.78, 5) is 0. The van der Waals surface area contributed by atoms with Crippen molar-refractivity contribution in [3.63, 3.8) is 0 Å². The van der Waals surface area contributed by atoms with Crippen LogP contribution in [0.5, 0.6) is 0 Å². The Morgan fingerprint density at radius 2 is 1.76 bits per heavy atom. The quantitative estimate of drug-likeness (QED) is 0.312. The Hall–Kier alpha value is 0.440. The molecule has 0 aromatic carbocycles. The Kier molecular flexibility index (Phi) is 7.58. The molecule has 4 aliphatic rings. The number of aliphatic hydroxyl groups excluding tert-OH is 1. The fraction of sp³-hybridized carbons (Fsp3) is 0.926. The SMILES string of the molecule is CC(C)CCC[C@@H](C)[C@H]1CC[C@H]2[C@@H]3CC=C4C[C@@H](O)CC[C@]4(C)[C@H]3CC[C@]12C.[Ag]. The third kappa shape index (κ3) is 4.24. The van der Waals surface area contributed by atoms with Crippen molar-refractivity contribution in [3.05, 3.63) is 11.6 Å². The first-order chi connectivity index (χ1) is 13.3. The Balaban J connectivity index is 0.00000240. The van der Waals surface area contributed by atoms with E-state index in [1.165, 1.54) is 57.8 Å². The normalized spacial score (nSPS) is 44.9. The van der Waals surface area contributed by atoms with E-state index in [0.717, 1.165) is 48.3 Å². The smallest absolute Gasteiger partial charge is 0.0577 e. The third-order valence-corrected chi connectivity index (χ3v) is 10.3. The summed E-state index contributed by atoms with van der Waals surface area (Å²) in [6.07, 6.45) is 17.2. The molecule has 0 saturated heterocycles. The number of aliphatic hydroxyl groups is 1. The van der Waals surface area contributed by atoms with E-state index in [-0.39, 0.29) is 28.5 Å². The zero-order valence-electron chi connectivity index (χ0n) is 19.6. The minimum atomic E-state index is -0.0766. The van der Waals surface area contributed by atoms with E-state index >= 15 is 0 Å². The summed E-state index contributed by atoms with van der Waals surface area (Å²) in [6.45, 7) is 12.6. The molecule has 3 saturated carbocycles. The third-order valence-electron chi connectivity index (χ3n) is 10.3. The number of hydrogen-bond donors (Lipinski definition) is 1. The summed E-state index contributed by atoms with van der Waals surface area (Å²) in [5, 5.41) is 10.2. The maximum atomic E-state index is 10.2. The zero-order valence-corrected chi connectivity index (χ0v) is 21.1. The van der Waals surface area contributed by atoms with E-state index in [9.17, 15) is 5.11 Å². The fourth-order valence-corrected chi connectivity index (χ4v) is 8.67. The Labute approximate surface area is 196 Å². The molecule has 8 atom stereocenters. The van der Waals surface area contributed by atoms with E-state index in [2.05, 4.69) is 40.7 Å². The molecule has 0 aliphatic heterocycles. The van der Waals surface area contributed by atoms with Crippen LogP contribution in [0.25, 0.3) is 0 Å². The van der Waals surface area contributed by atoms with E-state index in [1.807, 2.05) is 0 Å². The van der Waals surface area contributed by atoms with Gasteiger partial charge in [-0.1, -0.05) is 65.5 Å². The molecule has 0 amide bonds. The molecular formula is C27H46AgO. The predicted molar refractivity (Wildman–Crippen MR) is 119 cm³/mol. The zero-order chi connectivity index (χ0) is 20.1. The molecule has 0 bridgehead atoms. The van der Waals surface area contributed by atoms with Crippen LogP contribution in [0.3, 0.4) is 0 Å². The number of hydrogen-bond acceptors (Lipinski definition) is 1. The molecule has 0 spiro atoms. The van der Waals surface area contributed by atoms with Crippen molar-refractivity contribution in [2.24, 2.45) is 46.3 Å². The Morgan fingerprint density at radius 1 is 1.00 bits per heavy atom. The summed E-state index contributed by atoms with van der Waals surface area (Å²) in [5.41, 5.74) is 2.60. The average Bonchev–Trinajstić information content (AvgIpc) is 2.99. The summed E-state index contributed by atoms with van der Waals surface area (Å²) >= 11 is 0. The topological polar surface area (TPSA) is 20.2 Å². The van der Waals surface area contributed by atoms with Gasteiger partial charge in [-0.15, -0.1) is 0 Å². The Morgan fingerprint density at radius 3 is 2.48 bits per heavy atom. The molecule has 3 fully saturated rings. The van der Waals surface area contributed by atoms with Crippen molar-refractivity contribution in [1.82, 2.24) is 0 Å². The maximum absolute atomic E-state index is 10.2. The monoisotopic (exact) mass is 493 g/mol. The van der Waals surface area contributed by atoms with E-state index < -0.39 is 0 Å². The van der Waals surface area contributed by atoms with Gasteiger partial charge in [-0.05, 0) is 97.7 Å². The van der Waals surface area contributed by atoms with E-state index in [0.29, 0.717) is 10.8 Å². The van der Waals surface area contributed by atoms with E-state index in [4.69, 9.17) is 0 Å². The molecule has 0 aromatic rings. The van der Waals surface area contributed by atoms with Gasteiger partial charge in [-0.25, -0.2) is 0 Å². The van der Waals surface area contributed by atoms with Crippen LogP contribution >= 0.6 is 0 Å². The molecule has 4 rings (SSSR count). The minimum Gasteiger partial charge on any atom is -0.393 e. The molecular weight excluding hydrogens is 448 g/mol. The van der Waals surface area contributed by atoms with Gasteiger partial charge in [0.25, 0.3) is 0 Å². The first kappa shape index (κ1) is 24.1. The van der Waals surface area contributed by atoms with Crippen molar-refractivity contribution in [1.29, 1.82) is 0 Å². The maximum Gasteiger partial charge on any atom is 0.0577 e. The van der Waals surface area contributed by atoms with Crippen LogP contribution in [0.4, 0.5) is 0 Å². The van der Waals surface area contributed by atoms with Crippen molar-refractivity contribution in [2.75, 3.05) is 0 Å². The van der Waals surface area contributed by atoms with Crippen molar-refractivity contribution < 1.29 is 27.5 Å². The second-order valence-corrected chi connectivity index (χ2v) is 12.2. The van der Waals surface area contributed by atoms with Gasteiger partial charge in [-0.2, -0.15) is 0 Å². The van der Waals surface area contributed by atoms with Crippen LogP contribution in [-0.4, -0.2) is 11.2 Å². The molecule has 0 aromatic heterocycles. The van der Waals surface area contributed by atoms with Crippen molar-refractivity contribution in [3.8, 4) is 0 Å². The van der Waals surface area contributed by atoms with Crippen molar-refractivity contribution >= 4 is 0 Å². The van der Waals surface area contributed by atoms with Gasteiger partial charge >= 0.3 is 0 Å². The molecule has 4 aliphatic carbocycles. The molecule has 0 heterocycles. The molecule has 29 heavy (non-hydrogen) atoms. The fourth-order valence-electron chi connectivity index (χ4n) is 8.67. The van der Waals surface area contributed by atoms with Gasteiger partial charge in [-0.3, -0.25) is 0 Å². The number of allylic oxidation sites excluding steroid dienone is 1. The molecule has 171 valence electrons. The summed E-state index contributed by atoms with van der Waals surface area (Å²) in [6, 6.07) is 0. The van der Waals surface area contributed by atoms with E-state index in [1.54, 1.807) is 5.57 Å². The molecule has 1 N–H and O–H groups in total. The molecule has 1 nitrogen and oxygen atoms in total. The summed E-state index contributed by atoms with van der Waals surface area (Å²) in [5.74, 6) is 5.46. The van der Waals surface area contributed by atoms with Gasteiger partial charge in [0.1, 0.15) is 0 Å². The van der Waals surface area contributed by atoms with Crippen LogP contribution < -0.4 is 0 Å². The van der Waals surface area contributed by atoms with Crippen LogP contribution in [0.2, 0.25) is 0 Å². The second kappa shape index (κ2) is 9.13. The second-order valence-electron chi connectivity index (χ2n) is 12.2. The molecule has 2 heteroatoms. The summed E-state index contributed by atoms with van der Waals surface area (Å²) < 4.78 is 0. The van der Waals surface area contributed by atoms with Gasteiger partial charge in [0, 0.05) is 22.4 Å². The Bertz CT molecular complexity index is 597. The first-order valence-corrected chi connectivity index (χ1v) is 12.6. The van der Waals surface area contributed by atoms with Crippen molar-refractivity contribution in [2.45, 2.75) is 111 Å². The van der Waals surface area contributed by atoms with Crippen LogP contribution in [-0.2, 0) is 22.4 Å². The van der Waals surface area contributed by atoms with Crippen LogP contribution in [0, 0.1) is 46.3 Å². The number of fused-ring (bicyclic) bond motifs is 5. The largest absolute Gasteiger partial charge is 0.393 e. The molecule has 0 unspecified atom stereocenters. The number of rotatable bonds is 5. The van der Waals surface area contributed by atoms with Crippen LogP contribution in [0.15, 0.2) is 11.6 Å². The van der Waals surface area contributed by atoms with Gasteiger partial charge in [0.2, 0.25) is 0 Å². The minimum absolute atomic E-state index is 0.